The van der Waals surface area contributed by atoms with Gasteiger partial charge in [0, 0.05) is 19.1 Å². The van der Waals surface area contributed by atoms with Crippen LogP contribution in [-0.2, 0) is 4.74 Å². The van der Waals surface area contributed by atoms with Gasteiger partial charge in [0.25, 0.3) is 0 Å². The summed E-state index contributed by atoms with van der Waals surface area (Å²) in [5.74, 6) is 0.512. The fourth-order valence-corrected chi connectivity index (χ4v) is 3.76. The van der Waals surface area contributed by atoms with Gasteiger partial charge in [0.2, 0.25) is 0 Å². The van der Waals surface area contributed by atoms with Crippen molar-refractivity contribution < 1.29 is 4.74 Å². The molecule has 118 valence electrons. The summed E-state index contributed by atoms with van der Waals surface area (Å²) in [6, 6.07) is 1.12. The predicted molar refractivity (Wildman–Crippen MR) is 83.4 cm³/mol. The Kier molecular flexibility index (Phi) is 3.67. The quantitative estimate of drug-likeness (QED) is 0.898. The molecule has 0 atom stereocenters. The Bertz CT molecular complexity index is 643. The van der Waals surface area contributed by atoms with Crippen molar-refractivity contribution in [1.82, 2.24) is 24.6 Å². The van der Waals surface area contributed by atoms with E-state index in [0.29, 0.717) is 17.9 Å². The molecule has 2 aromatic heterocycles. The minimum Gasteiger partial charge on any atom is -0.383 e. The second kappa shape index (κ2) is 5.81. The molecular formula is C15H22N6O. The van der Waals surface area contributed by atoms with Crippen molar-refractivity contribution in [3.63, 3.8) is 0 Å². The van der Waals surface area contributed by atoms with E-state index in [1.807, 2.05) is 4.68 Å². The zero-order chi connectivity index (χ0) is 14.9. The molecule has 2 aliphatic rings. The monoisotopic (exact) mass is 302 g/mol. The van der Waals surface area contributed by atoms with Crippen LogP contribution in [0.5, 0.6) is 0 Å². The summed E-state index contributed by atoms with van der Waals surface area (Å²) in [4.78, 5) is 11.0. The van der Waals surface area contributed by atoms with E-state index in [9.17, 15) is 0 Å². The van der Waals surface area contributed by atoms with E-state index in [1.165, 1.54) is 19.2 Å². The van der Waals surface area contributed by atoms with E-state index in [2.05, 4.69) is 20.0 Å². The number of nitrogens with two attached hydrogens (primary N) is 1. The molecule has 1 aliphatic carbocycles. The van der Waals surface area contributed by atoms with Crippen LogP contribution < -0.4 is 5.73 Å². The van der Waals surface area contributed by atoms with Crippen LogP contribution in [0.3, 0.4) is 0 Å². The zero-order valence-electron chi connectivity index (χ0n) is 12.7. The first-order chi connectivity index (χ1) is 10.8. The van der Waals surface area contributed by atoms with Gasteiger partial charge < -0.3 is 10.5 Å². The molecule has 2 aromatic rings. The third-order valence-electron chi connectivity index (χ3n) is 5.00. The van der Waals surface area contributed by atoms with Gasteiger partial charge in [-0.1, -0.05) is 0 Å². The highest BCUT2D eigenvalue weighted by atomic mass is 16.5. The molecule has 1 saturated carbocycles. The Morgan fingerprint density at radius 3 is 2.55 bits per heavy atom. The normalized spacial score (nSPS) is 27.3. The number of nitrogens with zero attached hydrogens (tertiary/aromatic N) is 5. The Hall–Kier alpha value is -1.73. The lowest BCUT2D eigenvalue weighted by molar-refractivity contribution is 0.00520. The van der Waals surface area contributed by atoms with Crippen molar-refractivity contribution in [2.24, 2.45) is 0 Å². The SMILES string of the molecule is Nc1ncnc2c1cnn2C1CCC(N2CCOCC2)CC1. The molecule has 1 aliphatic heterocycles. The Morgan fingerprint density at radius 1 is 1.05 bits per heavy atom. The van der Waals surface area contributed by atoms with Crippen LogP contribution in [0.4, 0.5) is 5.82 Å². The van der Waals surface area contributed by atoms with Crippen LogP contribution in [0, 0.1) is 0 Å². The van der Waals surface area contributed by atoms with Gasteiger partial charge in [-0.25, -0.2) is 14.6 Å². The highest BCUT2D eigenvalue weighted by molar-refractivity contribution is 5.84. The Morgan fingerprint density at radius 2 is 1.77 bits per heavy atom. The van der Waals surface area contributed by atoms with Gasteiger partial charge in [-0.05, 0) is 25.7 Å². The van der Waals surface area contributed by atoms with Crippen LogP contribution in [-0.4, -0.2) is 57.0 Å². The van der Waals surface area contributed by atoms with Crippen LogP contribution in [0.1, 0.15) is 31.7 Å². The fraction of sp³-hybridized carbons (Fsp3) is 0.667. The third-order valence-corrected chi connectivity index (χ3v) is 5.00. The van der Waals surface area contributed by atoms with Crippen molar-refractivity contribution in [1.29, 1.82) is 0 Å². The van der Waals surface area contributed by atoms with E-state index < -0.39 is 0 Å². The molecule has 7 nitrogen and oxygen atoms in total. The molecule has 0 bridgehead atoms. The number of rotatable bonds is 2. The second-order valence-electron chi connectivity index (χ2n) is 6.20. The van der Waals surface area contributed by atoms with Gasteiger partial charge in [-0.2, -0.15) is 5.10 Å². The molecule has 0 radical (unpaired) electrons. The van der Waals surface area contributed by atoms with E-state index in [0.717, 1.165) is 50.2 Å². The van der Waals surface area contributed by atoms with Crippen LogP contribution in [0.25, 0.3) is 11.0 Å². The number of nitrogen functional groups attached to an aromatic ring is 1. The van der Waals surface area contributed by atoms with Crippen molar-refractivity contribution in [2.45, 2.75) is 37.8 Å². The van der Waals surface area contributed by atoms with Crippen molar-refractivity contribution in [2.75, 3.05) is 32.0 Å². The van der Waals surface area contributed by atoms with Gasteiger partial charge in [0.05, 0.1) is 30.8 Å². The maximum atomic E-state index is 5.90. The molecule has 1 saturated heterocycles. The minimum absolute atomic E-state index is 0.420. The number of morpholine rings is 1. The number of hydrogen-bond acceptors (Lipinski definition) is 6. The Balaban J connectivity index is 1.47. The number of fused-ring (bicyclic) bond motifs is 1. The molecule has 22 heavy (non-hydrogen) atoms. The second-order valence-corrected chi connectivity index (χ2v) is 6.20. The first-order valence-electron chi connectivity index (χ1n) is 8.08. The van der Waals surface area contributed by atoms with Gasteiger partial charge in [-0.3, -0.25) is 4.90 Å². The van der Waals surface area contributed by atoms with Crippen LogP contribution in [0.15, 0.2) is 12.5 Å². The summed E-state index contributed by atoms with van der Waals surface area (Å²) in [7, 11) is 0. The molecule has 4 rings (SSSR count). The summed E-state index contributed by atoms with van der Waals surface area (Å²) in [6.07, 6.45) is 8.03. The number of anilines is 1. The lowest BCUT2D eigenvalue weighted by Gasteiger charge is -2.38. The summed E-state index contributed by atoms with van der Waals surface area (Å²) in [6.45, 7) is 3.90. The molecule has 3 heterocycles. The molecule has 2 N–H and O–H groups in total. The molecule has 0 unspecified atom stereocenters. The minimum atomic E-state index is 0.420. The molecule has 0 aromatic carbocycles. The summed E-state index contributed by atoms with van der Waals surface area (Å²) in [5, 5.41) is 5.38. The van der Waals surface area contributed by atoms with E-state index >= 15 is 0 Å². The molecule has 0 spiro atoms. The van der Waals surface area contributed by atoms with Crippen molar-refractivity contribution in [3.8, 4) is 0 Å². The first-order valence-corrected chi connectivity index (χ1v) is 8.08. The smallest absolute Gasteiger partial charge is 0.163 e. The summed E-state index contributed by atoms with van der Waals surface area (Å²) in [5.41, 5.74) is 6.76. The van der Waals surface area contributed by atoms with Crippen LogP contribution >= 0.6 is 0 Å². The fourth-order valence-electron chi connectivity index (χ4n) is 3.76. The predicted octanol–water partition coefficient (Wildman–Crippen LogP) is 1.22. The first kappa shape index (κ1) is 13.9. The largest absolute Gasteiger partial charge is 0.383 e. The van der Waals surface area contributed by atoms with Gasteiger partial charge in [0.15, 0.2) is 5.65 Å². The summed E-state index contributed by atoms with van der Waals surface area (Å²) < 4.78 is 7.49. The number of aromatic nitrogens is 4. The van der Waals surface area contributed by atoms with E-state index in [-0.39, 0.29) is 0 Å². The standard InChI is InChI=1S/C15H22N6O/c16-14-13-9-19-21(15(13)18-10-17-14)12-3-1-11(2-4-12)20-5-7-22-8-6-20/h9-12H,1-8H2,(H2,16,17,18). The van der Waals surface area contributed by atoms with Crippen molar-refractivity contribution >= 4 is 16.9 Å². The van der Waals surface area contributed by atoms with Gasteiger partial charge >= 0.3 is 0 Å². The molecule has 2 fully saturated rings. The number of ether oxygens (including phenoxy) is 1. The van der Waals surface area contributed by atoms with E-state index in [4.69, 9.17) is 10.5 Å². The maximum absolute atomic E-state index is 5.90. The average molecular weight is 302 g/mol. The van der Waals surface area contributed by atoms with Gasteiger partial charge in [-0.15, -0.1) is 0 Å². The van der Waals surface area contributed by atoms with Crippen molar-refractivity contribution in [3.05, 3.63) is 12.5 Å². The molecular weight excluding hydrogens is 280 g/mol. The average Bonchev–Trinajstić information content (AvgIpc) is 3.01. The molecule has 7 heteroatoms. The summed E-state index contributed by atoms with van der Waals surface area (Å²) >= 11 is 0. The Labute approximate surface area is 129 Å². The third kappa shape index (κ3) is 2.44. The topological polar surface area (TPSA) is 82.1 Å². The molecule has 0 amide bonds. The van der Waals surface area contributed by atoms with E-state index in [1.54, 1.807) is 6.20 Å². The highest BCUT2D eigenvalue weighted by Gasteiger charge is 2.28. The number of hydrogen-bond donors (Lipinski definition) is 1. The highest BCUT2D eigenvalue weighted by Crippen LogP contribution is 2.33. The maximum Gasteiger partial charge on any atom is 0.163 e. The zero-order valence-corrected chi connectivity index (χ0v) is 12.7. The lowest BCUT2D eigenvalue weighted by Crippen LogP contribution is -2.45. The van der Waals surface area contributed by atoms with Gasteiger partial charge in [0.1, 0.15) is 12.1 Å². The lowest BCUT2D eigenvalue weighted by atomic mass is 9.90. The van der Waals surface area contributed by atoms with Crippen LogP contribution in [0.2, 0.25) is 0 Å².